The average Bonchev–Trinajstić information content (AvgIpc) is 2.53. The Balaban J connectivity index is 2.52. The smallest absolute Gasteiger partial charge is 0.383 e. The number of hydrogen-bond acceptors (Lipinski definition) is 6. The van der Waals surface area contributed by atoms with Crippen LogP contribution in [0.15, 0.2) is 39.6 Å². The highest BCUT2D eigenvalue weighted by Crippen LogP contribution is 2.38. The third-order valence-corrected chi connectivity index (χ3v) is 3.20. The van der Waals surface area contributed by atoms with Gasteiger partial charge in [0, 0.05) is 6.92 Å². The van der Waals surface area contributed by atoms with Crippen LogP contribution < -0.4 is 19.8 Å². The Bertz CT molecular complexity index is 803. The second-order valence-electron chi connectivity index (χ2n) is 4.99. The van der Waals surface area contributed by atoms with Gasteiger partial charge in [0.2, 0.25) is 5.75 Å². The molecule has 1 heterocycles. The monoisotopic (exact) mass is 332 g/mol. The molecule has 0 unspecified atom stereocenters. The largest absolute Gasteiger partial charge is 0.488 e. The van der Waals surface area contributed by atoms with Crippen LogP contribution in [0.25, 0.3) is 11.0 Å². The van der Waals surface area contributed by atoms with E-state index in [2.05, 4.69) is 0 Å². The standard InChI is InChI=1S/C18H20O6/c1-4-5-6-7-11-22-16-15-13(23-12(2)19)9-8-10-14(15)24-18(20)17(16)21-3/h5-6,8-10H,4,7,11H2,1-3H3. The van der Waals surface area contributed by atoms with Crippen molar-refractivity contribution < 1.29 is 23.4 Å². The molecule has 0 amide bonds. The maximum atomic E-state index is 12.1. The lowest BCUT2D eigenvalue weighted by atomic mass is 10.2. The molecule has 0 saturated heterocycles. The molecule has 0 atom stereocenters. The first-order chi connectivity index (χ1) is 11.6. The van der Waals surface area contributed by atoms with Gasteiger partial charge < -0.3 is 18.6 Å². The van der Waals surface area contributed by atoms with Gasteiger partial charge in [-0.1, -0.05) is 25.1 Å². The maximum absolute atomic E-state index is 12.1. The Morgan fingerprint density at radius 3 is 2.71 bits per heavy atom. The second-order valence-corrected chi connectivity index (χ2v) is 4.99. The summed E-state index contributed by atoms with van der Waals surface area (Å²) in [6, 6.07) is 4.84. The van der Waals surface area contributed by atoms with Gasteiger partial charge in [-0.3, -0.25) is 4.79 Å². The number of methoxy groups -OCH3 is 1. The lowest BCUT2D eigenvalue weighted by Gasteiger charge is -2.13. The number of carbonyl (C=O) groups is 1. The molecule has 1 aromatic heterocycles. The Morgan fingerprint density at radius 1 is 1.25 bits per heavy atom. The summed E-state index contributed by atoms with van der Waals surface area (Å²) in [4.78, 5) is 23.4. The van der Waals surface area contributed by atoms with Crippen LogP contribution in [0.5, 0.6) is 17.2 Å². The highest BCUT2D eigenvalue weighted by Gasteiger charge is 2.21. The van der Waals surface area contributed by atoms with E-state index >= 15 is 0 Å². The molecule has 2 rings (SSSR count). The molecule has 1 aromatic carbocycles. The van der Waals surface area contributed by atoms with Crippen LogP contribution in [0.1, 0.15) is 26.7 Å². The van der Waals surface area contributed by atoms with Crippen LogP contribution in [0.4, 0.5) is 0 Å². The molecule has 0 aliphatic carbocycles. The molecule has 0 aliphatic rings. The van der Waals surface area contributed by atoms with E-state index in [9.17, 15) is 9.59 Å². The molecule has 2 aromatic rings. The van der Waals surface area contributed by atoms with E-state index in [1.165, 1.54) is 14.0 Å². The zero-order valence-electron chi connectivity index (χ0n) is 14.0. The molecule has 0 radical (unpaired) electrons. The molecule has 24 heavy (non-hydrogen) atoms. The number of benzene rings is 1. The van der Waals surface area contributed by atoms with E-state index in [1.54, 1.807) is 18.2 Å². The van der Waals surface area contributed by atoms with Crippen molar-refractivity contribution in [2.75, 3.05) is 13.7 Å². The van der Waals surface area contributed by atoms with E-state index in [0.717, 1.165) is 6.42 Å². The predicted octanol–water partition coefficient (Wildman–Crippen LogP) is 3.46. The van der Waals surface area contributed by atoms with E-state index in [0.29, 0.717) is 18.4 Å². The number of ether oxygens (including phenoxy) is 3. The van der Waals surface area contributed by atoms with Crippen LogP contribution in [0, 0.1) is 0 Å². The fourth-order valence-corrected chi connectivity index (χ4v) is 2.24. The van der Waals surface area contributed by atoms with Crippen molar-refractivity contribution >= 4 is 16.9 Å². The van der Waals surface area contributed by atoms with Crippen molar-refractivity contribution in [2.45, 2.75) is 26.7 Å². The molecule has 0 aliphatic heterocycles. The molecule has 0 bridgehead atoms. The van der Waals surface area contributed by atoms with Crippen molar-refractivity contribution in [2.24, 2.45) is 0 Å². The Morgan fingerprint density at radius 2 is 2.04 bits per heavy atom. The predicted molar refractivity (Wildman–Crippen MR) is 89.9 cm³/mol. The van der Waals surface area contributed by atoms with Crippen molar-refractivity contribution in [3.8, 4) is 17.2 Å². The van der Waals surface area contributed by atoms with Crippen LogP contribution in [-0.4, -0.2) is 19.7 Å². The quantitative estimate of drug-likeness (QED) is 0.254. The van der Waals surface area contributed by atoms with Crippen LogP contribution in [0.3, 0.4) is 0 Å². The van der Waals surface area contributed by atoms with Gasteiger partial charge in [-0.2, -0.15) is 0 Å². The van der Waals surface area contributed by atoms with Crippen LogP contribution >= 0.6 is 0 Å². The number of fused-ring (bicyclic) bond motifs is 1. The zero-order valence-corrected chi connectivity index (χ0v) is 14.0. The van der Waals surface area contributed by atoms with Crippen molar-refractivity contribution in [1.82, 2.24) is 0 Å². The Kier molecular flexibility index (Phi) is 6.01. The average molecular weight is 332 g/mol. The molecule has 6 nitrogen and oxygen atoms in total. The molecule has 0 N–H and O–H groups in total. The third-order valence-electron chi connectivity index (χ3n) is 3.20. The number of allylic oxidation sites excluding steroid dienone is 1. The van der Waals surface area contributed by atoms with Gasteiger partial charge in [0.05, 0.1) is 13.7 Å². The zero-order chi connectivity index (χ0) is 17.5. The summed E-state index contributed by atoms with van der Waals surface area (Å²) in [6.45, 7) is 3.69. The summed E-state index contributed by atoms with van der Waals surface area (Å²) in [5.74, 6) is -0.0716. The topological polar surface area (TPSA) is 75.0 Å². The number of hydrogen-bond donors (Lipinski definition) is 0. The van der Waals surface area contributed by atoms with E-state index in [-0.39, 0.29) is 22.8 Å². The molecular formula is C18H20O6. The van der Waals surface area contributed by atoms with Gasteiger partial charge >= 0.3 is 11.6 Å². The maximum Gasteiger partial charge on any atom is 0.383 e. The summed E-state index contributed by atoms with van der Waals surface area (Å²) in [5, 5.41) is 0.392. The Labute approximate surface area is 139 Å². The van der Waals surface area contributed by atoms with Gasteiger partial charge in [-0.05, 0) is 25.0 Å². The third kappa shape index (κ3) is 3.95. The van der Waals surface area contributed by atoms with Gasteiger partial charge in [0.15, 0.2) is 5.75 Å². The fraction of sp³-hybridized carbons (Fsp3) is 0.333. The van der Waals surface area contributed by atoms with E-state index in [1.807, 2.05) is 19.1 Å². The summed E-state index contributed by atoms with van der Waals surface area (Å²) in [7, 11) is 1.36. The summed E-state index contributed by atoms with van der Waals surface area (Å²) >= 11 is 0. The first-order valence-corrected chi connectivity index (χ1v) is 7.68. The van der Waals surface area contributed by atoms with E-state index in [4.69, 9.17) is 18.6 Å². The summed E-state index contributed by atoms with van der Waals surface area (Å²) < 4.78 is 21.3. The lowest BCUT2D eigenvalue weighted by molar-refractivity contribution is -0.131. The number of esters is 1. The van der Waals surface area contributed by atoms with Gasteiger partial charge in [0.25, 0.3) is 0 Å². The Hall–Kier alpha value is -2.76. The minimum atomic E-state index is -0.649. The summed E-state index contributed by atoms with van der Waals surface area (Å²) in [6.07, 6.45) is 5.64. The second kappa shape index (κ2) is 8.19. The molecule has 0 fully saturated rings. The highest BCUT2D eigenvalue weighted by atomic mass is 16.5. The lowest BCUT2D eigenvalue weighted by Crippen LogP contribution is -2.10. The molecule has 128 valence electrons. The van der Waals surface area contributed by atoms with Gasteiger partial charge in [-0.25, -0.2) is 4.79 Å². The van der Waals surface area contributed by atoms with Crippen LogP contribution in [-0.2, 0) is 4.79 Å². The molecule has 6 heteroatoms. The van der Waals surface area contributed by atoms with E-state index < -0.39 is 11.6 Å². The van der Waals surface area contributed by atoms with Crippen molar-refractivity contribution in [3.05, 3.63) is 40.8 Å². The van der Waals surface area contributed by atoms with Crippen LogP contribution in [0.2, 0.25) is 0 Å². The molecule has 0 spiro atoms. The first kappa shape index (κ1) is 17.6. The minimum Gasteiger partial charge on any atom is -0.488 e. The van der Waals surface area contributed by atoms with Gasteiger partial charge in [-0.15, -0.1) is 0 Å². The first-order valence-electron chi connectivity index (χ1n) is 7.68. The number of carbonyl (C=O) groups excluding carboxylic acids is 1. The normalized spacial score (nSPS) is 11.0. The molecule has 0 saturated carbocycles. The number of rotatable bonds is 7. The summed E-state index contributed by atoms with van der Waals surface area (Å²) in [5.41, 5.74) is -0.386. The SMILES string of the molecule is CCC=CCCOc1c(OC)c(=O)oc2cccc(OC(C)=O)c12. The highest BCUT2D eigenvalue weighted by molar-refractivity contribution is 5.93. The van der Waals surface area contributed by atoms with Crippen molar-refractivity contribution in [1.29, 1.82) is 0 Å². The molecular weight excluding hydrogens is 312 g/mol. The minimum absolute atomic E-state index is 0.0541. The van der Waals surface area contributed by atoms with Crippen molar-refractivity contribution in [3.63, 3.8) is 0 Å². The van der Waals surface area contributed by atoms with Gasteiger partial charge in [0.1, 0.15) is 16.7 Å². The fourth-order valence-electron chi connectivity index (χ4n) is 2.24.